The summed E-state index contributed by atoms with van der Waals surface area (Å²) in [5, 5.41) is 13.8. The second kappa shape index (κ2) is 12.1. The molecule has 0 amide bonds. The molecule has 5 rings (SSSR count). The molecule has 206 valence electrons. The van der Waals surface area contributed by atoms with Crippen LogP contribution in [0.15, 0.2) is 77.6 Å². The molecule has 9 nitrogen and oxygen atoms in total. The highest BCUT2D eigenvalue weighted by atomic mass is 16.5. The van der Waals surface area contributed by atoms with Crippen molar-refractivity contribution in [1.82, 2.24) is 30.1 Å². The Bertz CT molecular complexity index is 1630. The van der Waals surface area contributed by atoms with Gasteiger partial charge >= 0.3 is 0 Å². The maximum absolute atomic E-state index is 13.2. The molecule has 0 unspecified atom stereocenters. The Kier molecular flexibility index (Phi) is 8.21. The van der Waals surface area contributed by atoms with Gasteiger partial charge in [0.05, 0.1) is 26.8 Å². The normalized spacial score (nSPS) is 12.1. The Morgan fingerprint density at radius 3 is 2.23 bits per heavy atom. The van der Waals surface area contributed by atoms with Gasteiger partial charge in [-0.2, -0.15) is 0 Å². The molecule has 3 aromatic carbocycles. The van der Waals surface area contributed by atoms with Crippen molar-refractivity contribution in [1.29, 1.82) is 0 Å². The molecule has 0 aliphatic carbocycles. The molecule has 0 fully saturated rings. The van der Waals surface area contributed by atoms with Gasteiger partial charge in [0.25, 0.3) is 5.56 Å². The van der Waals surface area contributed by atoms with E-state index >= 15 is 0 Å². The maximum Gasteiger partial charge on any atom is 0.252 e. The van der Waals surface area contributed by atoms with Crippen molar-refractivity contribution >= 4 is 10.9 Å². The van der Waals surface area contributed by atoms with Crippen molar-refractivity contribution in [2.24, 2.45) is 0 Å². The summed E-state index contributed by atoms with van der Waals surface area (Å²) in [6, 6.07) is 23.8. The molecule has 0 spiro atoms. The van der Waals surface area contributed by atoms with Crippen molar-refractivity contribution in [2.45, 2.75) is 45.9 Å². The first-order valence-electron chi connectivity index (χ1n) is 13.4. The van der Waals surface area contributed by atoms with Gasteiger partial charge in [-0.3, -0.25) is 9.69 Å². The van der Waals surface area contributed by atoms with Crippen LogP contribution in [-0.4, -0.2) is 44.3 Å². The number of rotatable bonds is 11. The zero-order valence-electron chi connectivity index (χ0n) is 23.3. The molecular formula is C31H34N6O3. The number of hydrogen-bond donors (Lipinski definition) is 1. The fourth-order valence-electron chi connectivity index (χ4n) is 5.02. The Morgan fingerprint density at radius 2 is 1.57 bits per heavy atom. The van der Waals surface area contributed by atoms with E-state index in [1.165, 1.54) is 0 Å². The minimum Gasteiger partial charge on any atom is -0.497 e. The number of benzene rings is 3. The third kappa shape index (κ3) is 6.05. The number of hydrogen-bond acceptors (Lipinski definition) is 7. The summed E-state index contributed by atoms with van der Waals surface area (Å²) >= 11 is 0. The SMILES string of the molecule is CC[C@H](c1nnnn1Cc1ccc(OC)cc1)N(Cc1ccc(OC)cc1)Cc1cc2cc(C)ccc2[nH]c1=O. The summed E-state index contributed by atoms with van der Waals surface area (Å²) < 4.78 is 12.5. The lowest BCUT2D eigenvalue weighted by Crippen LogP contribution is -2.32. The highest BCUT2D eigenvalue weighted by molar-refractivity contribution is 5.79. The maximum atomic E-state index is 13.2. The molecule has 0 bridgehead atoms. The number of aromatic amines is 1. The number of tetrazole rings is 1. The van der Waals surface area contributed by atoms with E-state index in [-0.39, 0.29) is 11.6 Å². The molecule has 40 heavy (non-hydrogen) atoms. The zero-order chi connectivity index (χ0) is 28.1. The van der Waals surface area contributed by atoms with Crippen molar-refractivity contribution < 1.29 is 9.47 Å². The molecule has 1 atom stereocenters. The van der Waals surface area contributed by atoms with E-state index in [1.807, 2.05) is 71.4 Å². The van der Waals surface area contributed by atoms with Crippen LogP contribution in [0.2, 0.25) is 0 Å². The fraction of sp³-hybridized carbons (Fsp3) is 0.290. The number of fused-ring (bicyclic) bond motifs is 1. The fourth-order valence-corrected chi connectivity index (χ4v) is 5.02. The molecule has 0 radical (unpaired) electrons. The average molecular weight is 539 g/mol. The van der Waals surface area contributed by atoms with Gasteiger partial charge in [-0.1, -0.05) is 42.8 Å². The van der Waals surface area contributed by atoms with Crippen molar-refractivity contribution in [2.75, 3.05) is 14.2 Å². The summed E-state index contributed by atoms with van der Waals surface area (Å²) in [7, 11) is 3.31. The number of nitrogens with zero attached hydrogens (tertiary/aromatic N) is 5. The number of aryl methyl sites for hydroxylation is 1. The quantitative estimate of drug-likeness (QED) is 0.252. The molecule has 2 heterocycles. The second-order valence-corrected chi connectivity index (χ2v) is 9.93. The Morgan fingerprint density at radius 1 is 0.900 bits per heavy atom. The van der Waals surface area contributed by atoms with Crippen LogP contribution in [0, 0.1) is 6.92 Å². The molecule has 9 heteroatoms. The topological polar surface area (TPSA) is 98.2 Å². The number of ether oxygens (including phenoxy) is 2. The van der Waals surface area contributed by atoms with E-state index in [1.54, 1.807) is 14.2 Å². The molecule has 2 aromatic heterocycles. The largest absolute Gasteiger partial charge is 0.497 e. The lowest BCUT2D eigenvalue weighted by Gasteiger charge is -2.30. The Balaban J connectivity index is 1.50. The number of nitrogens with one attached hydrogen (secondary N) is 1. The summed E-state index contributed by atoms with van der Waals surface area (Å²) in [5.74, 6) is 2.35. The van der Waals surface area contributed by atoms with Gasteiger partial charge in [-0.05, 0) is 82.7 Å². The highest BCUT2D eigenvalue weighted by Crippen LogP contribution is 2.28. The van der Waals surface area contributed by atoms with Gasteiger partial charge in [-0.25, -0.2) is 4.68 Å². The molecule has 5 aromatic rings. The van der Waals surface area contributed by atoms with Gasteiger partial charge in [0.2, 0.25) is 0 Å². The van der Waals surface area contributed by atoms with Gasteiger partial charge < -0.3 is 14.5 Å². The van der Waals surface area contributed by atoms with E-state index in [0.717, 1.165) is 51.3 Å². The first kappa shape index (κ1) is 27.1. The zero-order valence-corrected chi connectivity index (χ0v) is 23.3. The Labute approximate surface area is 233 Å². The summed E-state index contributed by atoms with van der Waals surface area (Å²) in [5.41, 5.74) is 4.73. The minimum atomic E-state index is -0.136. The van der Waals surface area contributed by atoms with E-state index < -0.39 is 0 Å². The van der Waals surface area contributed by atoms with Crippen LogP contribution < -0.4 is 15.0 Å². The van der Waals surface area contributed by atoms with Crippen molar-refractivity contribution in [3.05, 3.63) is 111 Å². The van der Waals surface area contributed by atoms with E-state index in [2.05, 4.69) is 45.3 Å². The number of H-pyrrole nitrogens is 1. The standard InChI is InChI=1S/C31H34N6O3/c1-5-29(30-33-34-35-37(30)19-23-9-13-27(40-4)14-10-23)36(18-22-7-11-26(39-3)12-8-22)20-25-17-24-16-21(2)6-15-28(24)32-31(25)38/h6-17,29H,5,18-20H2,1-4H3,(H,32,38)/t29-/m1/s1. The number of methoxy groups -OCH3 is 2. The van der Waals surface area contributed by atoms with Crippen LogP contribution in [0.25, 0.3) is 10.9 Å². The van der Waals surface area contributed by atoms with Crippen LogP contribution in [0.3, 0.4) is 0 Å². The van der Waals surface area contributed by atoms with Crippen LogP contribution in [-0.2, 0) is 19.6 Å². The Hall–Kier alpha value is -4.50. The molecule has 0 saturated carbocycles. The number of pyridine rings is 1. The predicted octanol–water partition coefficient (Wildman–Crippen LogP) is 5.04. The number of aromatic nitrogens is 5. The molecule has 0 saturated heterocycles. The molecular weight excluding hydrogens is 504 g/mol. The lowest BCUT2D eigenvalue weighted by atomic mass is 10.1. The van der Waals surface area contributed by atoms with Crippen LogP contribution in [0.4, 0.5) is 0 Å². The van der Waals surface area contributed by atoms with Crippen LogP contribution >= 0.6 is 0 Å². The van der Waals surface area contributed by atoms with Gasteiger partial charge in [0.1, 0.15) is 11.5 Å². The van der Waals surface area contributed by atoms with E-state index in [0.29, 0.717) is 25.2 Å². The second-order valence-electron chi connectivity index (χ2n) is 9.93. The molecule has 1 N–H and O–H groups in total. The highest BCUT2D eigenvalue weighted by Gasteiger charge is 2.26. The third-order valence-electron chi connectivity index (χ3n) is 7.17. The smallest absolute Gasteiger partial charge is 0.252 e. The van der Waals surface area contributed by atoms with Crippen LogP contribution in [0.5, 0.6) is 11.5 Å². The summed E-state index contributed by atoms with van der Waals surface area (Å²) in [4.78, 5) is 18.5. The molecule has 0 aliphatic rings. The van der Waals surface area contributed by atoms with Gasteiger partial charge in [-0.15, -0.1) is 5.10 Å². The van der Waals surface area contributed by atoms with E-state index in [4.69, 9.17) is 9.47 Å². The van der Waals surface area contributed by atoms with Crippen molar-refractivity contribution in [3.63, 3.8) is 0 Å². The van der Waals surface area contributed by atoms with Gasteiger partial charge in [0.15, 0.2) is 5.82 Å². The minimum absolute atomic E-state index is 0.0937. The van der Waals surface area contributed by atoms with Gasteiger partial charge in [0, 0.05) is 24.2 Å². The third-order valence-corrected chi connectivity index (χ3v) is 7.17. The van der Waals surface area contributed by atoms with E-state index in [9.17, 15) is 4.79 Å². The molecule has 0 aliphatic heterocycles. The monoisotopic (exact) mass is 538 g/mol. The van der Waals surface area contributed by atoms with Crippen molar-refractivity contribution in [3.8, 4) is 11.5 Å². The summed E-state index contributed by atoms with van der Waals surface area (Å²) in [6.07, 6.45) is 0.754. The average Bonchev–Trinajstić information content (AvgIpc) is 3.42. The first-order chi connectivity index (χ1) is 19.5. The van der Waals surface area contributed by atoms with Crippen LogP contribution in [0.1, 0.15) is 47.5 Å². The summed E-state index contributed by atoms with van der Waals surface area (Å²) in [6.45, 7) is 5.72. The first-order valence-corrected chi connectivity index (χ1v) is 13.4. The lowest BCUT2D eigenvalue weighted by molar-refractivity contribution is 0.161. The predicted molar refractivity (Wildman–Crippen MR) is 154 cm³/mol.